The van der Waals surface area contributed by atoms with Gasteiger partial charge in [0.15, 0.2) is 0 Å². The van der Waals surface area contributed by atoms with E-state index in [1.807, 2.05) is 0 Å². The average molecular weight is 467 g/mol. The summed E-state index contributed by atoms with van der Waals surface area (Å²) in [4.78, 5) is 0. The lowest BCUT2D eigenvalue weighted by Gasteiger charge is -2.28. The highest BCUT2D eigenvalue weighted by Crippen LogP contribution is 2.38. The molecule has 0 aromatic heterocycles. The third kappa shape index (κ3) is 7.87. The Morgan fingerprint density at radius 1 is 0.714 bits per heavy atom. The summed E-state index contributed by atoms with van der Waals surface area (Å²) in [5.41, 5.74) is 5.71. The normalized spacial score (nSPS) is 24.7. The summed E-state index contributed by atoms with van der Waals surface area (Å²) < 4.78 is 0. The molecule has 2 aromatic carbocycles. The van der Waals surface area contributed by atoms with Crippen LogP contribution in [0.4, 0.5) is 0 Å². The first-order chi connectivity index (χ1) is 17.2. The van der Waals surface area contributed by atoms with Crippen molar-refractivity contribution in [1.29, 1.82) is 0 Å². The van der Waals surface area contributed by atoms with Crippen molar-refractivity contribution in [3.63, 3.8) is 0 Å². The van der Waals surface area contributed by atoms with E-state index in [-0.39, 0.29) is 0 Å². The van der Waals surface area contributed by atoms with Gasteiger partial charge in [0, 0.05) is 5.56 Å². The zero-order valence-electron chi connectivity index (χ0n) is 22.3. The Morgan fingerprint density at radius 2 is 1.31 bits per heavy atom. The van der Waals surface area contributed by atoms with Crippen LogP contribution in [0, 0.1) is 23.7 Å². The zero-order valence-corrected chi connectivity index (χ0v) is 22.3. The van der Waals surface area contributed by atoms with Crippen molar-refractivity contribution in [2.75, 3.05) is 0 Å². The van der Waals surface area contributed by atoms with Gasteiger partial charge in [-0.05, 0) is 123 Å². The molecule has 0 radical (unpaired) electrons. The topological polar surface area (TPSA) is 0 Å². The van der Waals surface area contributed by atoms with E-state index in [0.717, 1.165) is 23.3 Å². The standard InChI is InChI=1S/C35H46/c1-3-5-9-29-14-22-33(23-15-29)35-26-18-31(19-27-35)11-7-6-10-30-16-24-34(25-17-30)32-20-12-28(8-4-2)13-21-32/h7,11,14-17,22-25,28,31-32,35H,3-5,8-9,12-13,18-21,26-27H2,1-2H3/b11-7+. The van der Waals surface area contributed by atoms with Crippen molar-refractivity contribution in [1.82, 2.24) is 0 Å². The lowest BCUT2D eigenvalue weighted by Crippen LogP contribution is -2.13. The fourth-order valence-corrected chi connectivity index (χ4v) is 6.32. The lowest BCUT2D eigenvalue weighted by molar-refractivity contribution is 0.308. The maximum atomic E-state index is 3.36. The van der Waals surface area contributed by atoms with Crippen molar-refractivity contribution < 1.29 is 0 Å². The molecule has 0 amide bonds. The fourth-order valence-electron chi connectivity index (χ4n) is 6.32. The van der Waals surface area contributed by atoms with Crippen LogP contribution in [0.15, 0.2) is 60.7 Å². The third-order valence-electron chi connectivity index (χ3n) is 8.64. The molecule has 0 bridgehead atoms. The van der Waals surface area contributed by atoms with Gasteiger partial charge in [0.2, 0.25) is 0 Å². The summed E-state index contributed by atoms with van der Waals surface area (Å²) in [6.07, 6.45) is 21.8. The van der Waals surface area contributed by atoms with Gasteiger partial charge >= 0.3 is 0 Å². The van der Waals surface area contributed by atoms with E-state index in [0.29, 0.717) is 5.92 Å². The van der Waals surface area contributed by atoms with E-state index in [2.05, 4.69) is 86.4 Å². The first-order valence-corrected chi connectivity index (χ1v) is 14.6. The maximum Gasteiger partial charge on any atom is 0.0249 e. The van der Waals surface area contributed by atoms with Gasteiger partial charge in [0.1, 0.15) is 0 Å². The van der Waals surface area contributed by atoms with E-state index in [4.69, 9.17) is 0 Å². The average Bonchev–Trinajstić information content (AvgIpc) is 2.92. The molecule has 186 valence electrons. The first kappa shape index (κ1) is 25.8. The predicted molar refractivity (Wildman–Crippen MR) is 152 cm³/mol. The second-order valence-corrected chi connectivity index (χ2v) is 11.2. The number of hydrogen-bond acceptors (Lipinski definition) is 0. The minimum absolute atomic E-state index is 0.689. The molecule has 35 heavy (non-hydrogen) atoms. The first-order valence-electron chi connectivity index (χ1n) is 14.6. The Labute approximate surface area is 215 Å². The van der Waals surface area contributed by atoms with Crippen molar-refractivity contribution in [3.8, 4) is 11.8 Å². The summed E-state index contributed by atoms with van der Waals surface area (Å²) in [6, 6.07) is 18.6. The molecule has 0 nitrogen and oxygen atoms in total. The number of unbranched alkanes of at least 4 members (excludes halogenated alkanes) is 1. The molecule has 0 heterocycles. The Hall–Kier alpha value is -2.26. The smallest absolute Gasteiger partial charge is 0.0249 e. The molecular weight excluding hydrogens is 420 g/mol. The molecule has 0 aliphatic heterocycles. The summed E-state index contributed by atoms with van der Waals surface area (Å²) in [7, 11) is 0. The largest absolute Gasteiger partial charge is 0.0730 e. The van der Waals surface area contributed by atoms with Gasteiger partial charge in [-0.1, -0.05) is 87.4 Å². The molecule has 0 N–H and O–H groups in total. The minimum atomic E-state index is 0.689. The van der Waals surface area contributed by atoms with E-state index >= 15 is 0 Å². The molecule has 0 heteroatoms. The van der Waals surface area contributed by atoms with Crippen LogP contribution >= 0.6 is 0 Å². The predicted octanol–water partition coefficient (Wildman–Crippen LogP) is 9.98. The molecule has 2 saturated carbocycles. The summed E-state index contributed by atoms with van der Waals surface area (Å²) in [6.45, 7) is 4.59. The van der Waals surface area contributed by atoms with Gasteiger partial charge in [-0.25, -0.2) is 0 Å². The highest BCUT2D eigenvalue weighted by Gasteiger charge is 2.22. The van der Waals surface area contributed by atoms with Crippen LogP contribution in [0.2, 0.25) is 0 Å². The molecule has 0 unspecified atom stereocenters. The van der Waals surface area contributed by atoms with Gasteiger partial charge in [0.25, 0.3) is 0 Å². The number of hydrogen-bond donors (Lipinski definition) is 0. The van der Waals surface area contributed by atoms with Gasteiger partial charge in [-0.2, -0.15) is 0 Å². The summed E-state index contributed by atoms with van der Waals surface area (Å²) in [5.74, 6) is 9.83. The van der Waals surface area contributed by atoms with E-state index in [9.17, 15) is 0 Å². The Morgan fingerprint density at radius 3 is 1.91 bits per heavy atom. The number of rotatable bonds is 8. The Bertz CT molecular complexity index is 949. The second kappa shape index (κ2) is 13.7. The second-order valence-electron chi connectivity index (χ2n) is 11.2. The molecule has 2 fully saturated rings. The summed E-state index contributed by atoms with van der Waals surface area (Å²) >= 11 is 0. The molecule has 2 aliphatic rings. The monoisotopic (exact) mass is 466 g/mol. The van der Waals surface area contributed by atoms with Crippen molar-refractivity contribution >= 4 is 0 Å². The fraction of sp³-hybridized carbons (Fsp3) is 0.543. The van der Waals surface area contributed by atoms with Crippen LogP contribution in [-0.4, -0.2) is 0 Å². The minimum Gasteiger partial charge on any atom is -0.0730 e. The molecular formula is C35H46. The highest BCUT2D eigenvalue weighted by molar-refractivity contribution is 5.39. The SMILES string of the molecule is CCCCc1ccc(C2CCC(/C=C/C#Cc3ccc(C4CCC(CCC)CC4)cc3)CC2)cc1. The van der Waals surface area contributed by atoms with Crippen LogP contribution in [0.25, 0.3) is 0 Å². The van der Waals surface area contributed by atoms with Crippen LogP contribution in [0.1, 0.15) is 125 Å². The van der Waals surface area contributed by atoms with Crippen LogP contribution < -0.4 is 0 Å². The van der Waals surface area contributed by atoms with Gasteiger partial charge in [0.05, 0.1) is 0 Å². The molecule has 2 aliphatic carbocycles. The third-order valence-corrected chi connectivity index (χ3v) is 8.64. The van der Waals surface area contributed by atoms with Gasteiger partial charge in [-0.3, -0.25) is 0 Å². The zero-order chi connectivity index (χ0) is 24.3. The summed E-state index contributed by atoms with van der Waals surface area (Å²) in [5, 5.41) is 0. The van der Waals surface area contributed by atoms with Gasteiger partial charge < -0.3 is 0 Å². The van der Waals surface area contributed by atoms with E-state index < -0.39 is 0 Å². The Kier molecular flexibility index (Phi) is 10.1. The van der Waals surface area contributed by atoms with Crippen molar-refractivity contribution in [3.05, 3.63) is 82.9 Å². The molecule has 2 aromatic rings. The van der Waals surface area contributed by atoms with E-state index in [1.54, 1.807) is 5.56 Å². The van der Waals surface area contributed by atoms with Crippen LogP contribution in [-0.2, 0) is 6.42 Å². The number of aryl methyl sites for hydroxylation is 1. The highest BCUT2D eigenvalue weighted by atomic mass is 14.3. The Balaban J connectivity index is 1.20. The van der Waals surface area contributed by atoms with E-state index in [1.165, 1.54) is 94.6 Å². The molecule has 4 rings (SSSR count). The molecule has 0 atom stereocenters. The number of benzene rings is 2. The van der Waals surface area contributed by atoms with Crippen LogP contribution in [0.3, 0.4) is 0 Å². The van der Waals surface area contributed by atoms with Crippen molar-refractivity contribution in [2.24, 2.45) is 11.8 Å². The quantitative estimate of drug-likeness (QED) is 0.339. The maximum absolute atomic E-state index is 3.36. The van der Waals surface area contributed by atoms with Crippen molar-refractivity contribution in [2.45, 2.75) is 109 Å². The molecule has 0 saturated heterocycles. The lowest BCUT2D eigenvalue weighted by atomic mass is 9.77. The number of allylic oxidation sites excluding steroid dienone is 2. The van der Waals surface area contributed by atoms with Crippen LogP contribution in [0.5, 0.6) is 0 Å². The molecule has 0 spiro atoms. The van der Waals surface area contributed by atoms with Gasteiger partial charge in [-0.15, -0.1) is 0 Å².